The molecule has 1 aromatic rings. The van der Waals surface area contributed by atoms with Gasteiger partial charge in [-0.3, -0.25) is 9.59 Å². The van der Waals surface area contributed by atoms with E-state index in [1.807, 2.05) is 44.2 Å². The number of nitrogens with two attached hydrogens (primary N) is 1. The van der Waals surface area contributed by atoms with Crippen LogP contribution >= 0.6 is 0 Å². The Labute approximate surface area is 144 Å². The molecule has 0 saturated carbocycles. The van der Waals surface area contributed by atoms with Crippen LogP contribution in [0.4, 0.5) is 0 Å². The molecular formula is C19H29N3O2. The van der Waals surface area contributed by atoms with E-state index >= 15 is 0 Å². The van der Waals surface area contributed by atoms with Gasteiger partial charge in [-0.15, -0.1) is 0 Å². The van der Waals surface area contributed by atoms with Crippen LogP contribution in [-0.2, 0) is 16.1 Å². The van der Waals surface area contributed by atoms with Gasteiger partial charge < -0.3 is 16.0 Å². The molecular weight excluding hydrogens is 302 g/mol. The summed E-state index contributed by atoms with van der Waals surface area (Å²) < 4.78 is 0. The number of hydrogen-bond acceptors (Lipinski definition) is 3. The van der Waals surface area contributed by atoms with Gasteiger partial charge in [-0.25, -0.2) is 0 Å². The average Bonchev–Trinajstić information content (AvgIpc) is 2.59. The lowest BCUT2D eigenvalue weighted by Crippen LogP contribution is -2.49. The van der Waals surface area contributed by atoms with Crippen molar-refractivity contribution in [1.29, 1.82) is 0 Å². The van der Waals surface area contributed by atoms with E-state index in [0.29, 0.717) is 19.0 Å². The second-order valence-corrected chi connectivity index (χ2v) is 7.19. The zero-order valence-electron chi connectivity index (χ0n) is 14.8. The minimum Gasteiger partial charge on any atom is -0.370 e. The van der Waals surface area contributed by atoms with Gasteiger partial charge in [-0.1, -0.05) is 44.2 Å². The SMILES string of the molecule is CC(C)(C(=O)N(CCC(N)=O)Cc1ccccc1)C1CCCNC1. The molecule has 0 aromatic heterocycles. The summed E-state index contributed by atoms with van der Waals surface area (Å²) in [7, 11) is 0. The van der Waals surface area contributed by atoms with Crippen molar-refractivity contribution in [1.82, 2.24) is 10.2 Å². The molecule has 3 N–H and O–H groups in total. The summed E-state index contributed by atoms with van der Waals surface area (Å²) in [5, 5.41) is 3.39. The summed E-state index contributed by atoms with van der Waals surface area (Å²) in [6.45, 7) is 6.82. The summed E-state index contributed by atoms with van der Waals surface area (Å²) in [4.78, 5) is 26.2. The number of nitrogens with one attached hydrogen (secondary N) is 1. The number of carbonyl (C=O) groups is 2. The molecule has 1 atom stereocenters. The van der Waals surface area contributed by atoms with Crippen molar-refractivity contribution < 1.29 is 9.59 Å². The fourth-order valence-electron chi connectivity index (χ4n) is 3.35. The van der Waals surface area contributed by atoms with E-state index < -0.39 is 5.41 Å². The summed E-state index contributed by atoms with van der Waals surface area (Å²) >= 11 is 0. The standard InChI is InChI=1S/C19H29N3O2/c1-19(2,16-9-6-11-21-13-16)18(24)22(12-10-17(20)23)14-15-7-4-3-5-8-15/h3-5,7-8,16,21H,6,9-14H2,1-2H3,(H2,20,23). The lowest BCUT2D eigenvalue weighted by molar-refractivity contribution is -0.144. The molecule has 1 aliphatic heterocycles. The smallest absolute Gasteiger partial charge is 0.228 e. The van der Waals surface area contributed by atoms with Crippen LogP contribution in [-0.4, -0.2) is 36.3 Å². The van der Waals surface area contributed by atoms with E-state index in [-0.39, 0.29) is 18.2 Å². The Hall–Kier alpha value is -1.88. The predicted octanol–water partition coefficient (Wildman–Crippen LogP) is 1.92. The van der Waals surface area contributed by atoms with Crippen molar-refractivity contribution in [3.63, 3.8) is 0 Å². The van der Waals surface area contributed by atoms with Gasteiger partial charge in [0.15, 0.2) is 0 Å². The molecule has 5 heteroatoms. The van der Waals surface area contributed by atoms with E-state index in [1.165, 1.54) is 0 Å². The molecule has 0 aliphatic carbocycles. The average molecular weight is 331 g/mol. The fraction of sp³-hybridized carbons (Fsp3) is 0.579. The van der Waals surface area contributed by atoms with Crippen molar-refractivity contribution in [3.05, 3.63) is 35.9 Å². The van der Waals surface area contributed by atoms with Gasteiger partial charge in [0, 0.05) is 24.9 Å². The Morgan fingerprint density at radius 2 is 2.00 bits per heavy atom. The summed E-state index contributed by atoms with van der Waals surface area (Å²) in [5.74, 6) is 0.0323. The number of piperidine rings is 1. The van der Waals surface area contributed by atoms with Gasteiger partial charge in [-0.05, 0) is 37.4 Å². The van der Waals surface area contributed by atoms with E-state index in [9.17, 15) is 9.59 Å². The van der Waals surface area contributed by atoms with Gasteiger partial charge in [0.25, 0.3) is 0 Å². The van der Waals surface area contributed by atoms with Crippen LogP contribution in [0.5, 0.6) is 0 Å². The molecule has 2 amide bonds. The highest BCUT2D eigenvalue weighted by Gasteiger charge is 2.39. The molecule has 1 heterocycles. The largest absolute Gasteiger partial charge is 0.370 e. The molecule has 24 heavy (non-hydrogen) atoms. The second kappa shape index (κ2) is 8.29. The number of primary amides is 1. The lowest BCUT2D eigenvalue weighted by Gasteiger charge is -2.39. The topological polar surface area (TPSA) is 75.4 Å². The normalized spacial score (nSPS) is 18.2. The molecule has 0 bridgehead atoms. The highest BCUT2D eigenvalue weighted by atomic mass is 16.2. The fourth-order valence-corrected chi connectivity index (χ4v) is 3.35. The van der Waals surface area contributed by atoms with Crippen molar-refractivity contribution in [2.75, 3.05) is 19.6 Å². The quantitative estimate of drug-likeness (QED) is 0.801. The van der Waals surface area contributed by atoms with Crippen molar-refractivity contribution in [3.8, 4) is 0 Å². The van der Waals surface area contributed by atoms with Crippen molar-refractivity contribution >= 4 is 11.8 Å². The number of rotatable bonds is 7. The molecule has 0 radical (unpaired) electrons. The third kappa shape index (κ3) is 4.81. The number of nitrogens with zero attached hydrogens (tertiary/aromatic N) is 1. The number of amides is 2. The van der Waals surface area contributed by atoms with Crippen LogP contribution in [0.2, 0.25) is 0 Å². The molecule has 5 nitrogen and oxygen atoms in total. The third-order valence-corrected chi connectivity index (χ3v) is 5.00. The number of benzene rings is 1. The summed E-state index contributed by atoms with van der Waals surface area (Å²) in [6, 6.07) is 9.88. The molecule has 2 rings (SSSR count). The maximum absolute atomic E-state index is 13.2. The maximum Gasteiger partial charge on any atom is 0.228 e. The van der Waals surface area contributed by atoms with Gasteiger partial charge in [0.05, 0.1) is 0 Å². The molecule has 132 valence electrons. The Kier molecular flexibility index (Phi) is 6.37. The monoisotopic (exact) mass is 331 g/mol. The van der Waals surface area contributed by atoms with Gasteiger partial charge >= 0.3 is 0 Å². The Morgan fingerprint density at radius 1 is 1.29 bits per heavy atom. The lowest BCUT2D eigenvalue weighted by atomic mass is 9.74. The first-order valence-electron chi connectivity index (χ1n) is 8.73. The minimum absolute atomic E-state index is 0.0984. The van der Waals surface area contributed by atoms with Crippen LogP contribution < -0.4 is 11.1 Å². The zero-order valence-corrected chi connectivity index (χ0v) is 14.8. The maximum atomic E-state index is 13.2. The van der Waals surface area contributed by atoms with Crippen LogP contribution in [0, 0.1) is 11.3 Å². The van der Waals surface area contributed by atoms with Crippen LogP contribution in [0.15, 0.2) is 30.3 Å². The molecule has 0 spiro atoms. The Balaban J connectivity index is 2.14. The summed E-state index contributed by atoms with van der Waals surface area (Å²) in [5.41, 5.74) is 5.90. The summed E-state index contributed by atoms with van der Waals surface area (Å²) in [6.07, 6.45) is 2.35. The predicted molar refractivity (Wildman–Crippen MR) is 95.0 cm³/mol. The second-order valence-electron chi connectivity index (χ2n) is 7.19. The minimum atomic E-state index is -0.458. The Morgan fingerprint density at radius 3 is 2.58 bits per heavy atom. The van der Waals surface area contributed by atoms with Gasteiger partial charge in [0.1, 0.15) is 0 Å². The molecule has 1 aliphatic rings. The van der Waals surface area contributed by atoms with Crippen molar-refractivity contribution in [2.24, 2.45) is 17.1 Å². The first-order valence-corrected chi connectivity index (χ1v) is 8.73. The molecule has 1 aromatic carbocycles. The van der Waals surface area contributed by atoms with Crippen LogP contribution in [0.25, 0.3) is 0 Å². The van der Waals surface area contributed by atoms with Crippen molar-refractivity contribution in [2.45, 2.75) is 39.7 Å². The highest BCUT2D eigenvalue weighted by molar-refractivity contribution is 5.83. The van der Waals surface area contributed by atoms with Gasteiger partial charge in [0.2, 0.25) is 11.8 Å². The van der Waals surface area contributed by atoms with Gasteiger partial charge in [-0.2, -0.15) is 0 Å². The number of hydrogen-bond donors (Lipinski definition) is 2. The molecule has 1 unspecified atom stereocenters. The Bertz CT molecular complexity index is 551. The molecule has 1 fully saturated rings. The van der Waals surface area contributed by atoms with E-state index in [1.54, 1.807) is 4.90 Å². The highest BCUT2D eigenvalue weighted by Crippen LogP contribution is 2.34. The van der Waals surface area contributed by atoms with Crippen LogP contribution in [0.3, 0.4) is 0 Å². The molecule has 1 saturated heterocycles. The van der Waals surface area contributed by atoms with E-state index in [0.717, 1.165) is 31.5 Å². The van der Waals surface area contributed by atoms with E-state index in [2.05, 4.69) is 5.32 Å². The first kappa shape index (κ1) is 18.5. The first-order chi connectivity index (χ1) is 11.4. The van der Waals surface area contributed by atoms with Crippen LogP contribution in [0.1, 0.15) is 38.7 Å². The zero-order chi connectivity index (χ0) is 17.6. The third-order valence-electron chi connectivity index (χ3n) is 5.00. The number of carbonyl (C=O) groups excluding carboxylic acids is 2. The van der Waals surface area contributed by atoms with E-state index in [4.69, 9.17) is 5.73 Å².